The molecule has 0 unspecified atom stereocenters. The van der Waals surface area contributed by atoms with Gasteiger partial charge in [-0.25, -0.2) is 4.79 Å². The number of halogens is 1. The highest BCUT2D eigenvalue weighted by molar-refractivity contribution is 6.35. The molecule has 5 nitrogen and oxygen atoms in total. The van der Waals surface area contributed by atoms with Crippen molar-refractivity contribution in [1.29, 1.82) is 0 Å². The summed E-state index contributed by atoms with van der Waals surface area (Å²) in [6.45, 7) is 0. The Kier molecular flexibility index (Phi) is 3.27. The van der Waals surface area contributed by atoms with Crippen LogP contribution in [-0.4, -0.2) is 10.5 Å². The zero-order valence-electron chi connectivity index (χ0n) is 11.1. The molecule has 2 aromatic carbocycles. The van der Waals surface area contributed by atoms with E-state index in [1.165, 1.54) is 10.6 Å². The van der Waals surface area contributed by atoms with Gasteiger partial charge in [0.1, 0.15) is 0 Å². The van der Waals surface area contributed by atoms with E-state index < -0.39 is 5.76 Å². The first-order chi connectivity index (χ1) is 10.1. The van der Waals surface area contributed by atoms with Crippen LogP contribution in [0.25, 0.3) is 11.1 Å². The van der Waals surface area contributed by atoms with Gasteiger partial charge >= 0.3 is 5.76 Å². The topological polar surface area (TPSA) is 64.2 Å². The summed E-state index contributed by atoms with van der Waals surface area (Å²) >= 11 is 6.09. The summed E-state index contributed by atoms with van der Waals surface area (Å²) in [4.78, 5) is 23.8. The number of amides is 1. The van der Waals surface area contributed by atoms with E-state index in [2.05, 4.69) is 5.32 Å². The molecular weight excluding hydrogens is 292 g/mol. The molecule has 0 fully saturated rings. The Morgan fingerprint density at radius 3 is 2.67 bits per heavy atom. The fourth-order valence-electron chi connectivity index (χ4n) is 2.04. The largest absolute Gasteiger partial charge is 0.419 e. The molecule has 0 spiro atoms. The van der Waals surface area contributed by atoms with E-state index in [1.807, 2.05) is 18.2 Å². The van der Waals surface area contributed by atoms with Crippen LogP contribution < -0.4 is 11.1 Å². The van der Waals surface area contributed by atoms with Gasteiger partial charge in [-0.15, -0.1) is 0 Å². The van der Waals surface area contributed by atoms with Crippen LogP contribution in [-0.2, 0) is 7.05 Å². The van der Waals surface area contributed by atoms with Gasteiger partial charge in [0.2, 0.25) is 0 Å². The van der Waals surface area contributed by atoms with Crippen molar-refractivity contribution in [3.05, 3.63) is 63.6 Å². The third-order valence-corrected chi connectivity index (χ3v) is 3.47. The monoisotopic (exact) mass is 302 g/mol. The Bertz CT molecular complexity index is 881. The molecule has 3 rings (SSSR count). The molecule has 0 aliphatic carbocycles. The number of aryl methyl sites for hydroxylation is 1. The summed E-state index contributed by atoms with van der Waals surface area (Å²) in [6, 6.07) is 12.1. The Morgan fingerprint density at radius 1 is 1.24 bits per heavy atom. The standard InChI is InChI=1S/C15H11ClN2O3/c1-18-12-7-10(11(16)8-13(12)21-15(18)20)14(19)17-9-5-3-2-4-6-9/h2-8H,1H3,(H,17,19). The predicted molar refractivity (Wildman–Crippen MR) is 80.9 cm³/mol. The second-order valence-electron chi connectivity index (χ2n) is 4.55. The summed E-state index contributed by atoms with van der Waals surface area (Å²) in [5, 5.41) is 2.98. The Balaban J connectivity index is 2.03. The summed E-state index contributed by atoms with van der Waals surface area (Å²) in [6.07, 6.45) is 0. The van der Waals surface area contributed by atoms with Crippen molar-refractivity contribution in [2.45, 2.75) is 0 Å². The first-order valence-electron chi connectivity index (χ1n) is 6.22. The normalized spacial score (nSPS) is 10.8. The molecule has 21 heavy (non-hydrogen) atoms. The lowest BCUT2D eigenvalue weighted by atomic mass is 10.2. The fraction of sp³-hybridized carbons (Fsp3) is 0.0667. The van der Waals surface area contributed by atoms with Gasteiger partial charge in [-0.2, -0.15) is 0 Å². The molecule has 1 aromatic heterocycles. The maximum atomic E-state index is 12.3. The van der Waals surface area contributed by atoms with Crippen LogP contribution in [0.4, 0.5) is 5.69 Å². The van der Waals surface area contributed by atoms with Gasteiger partial charge < -0.3 is 9.73 Å². The lowest BCUT2D eigenvalue weighted by Gasteiger charge is -2.07. The number of nitrogens with one attached hydrogen (secondary N) is 1. The van der Waals surface area contributed by atoms with Crippen molar-refractivity contribution in [3.8, 4) is 0 Å². The lowest BCUT2D eigenvalue weighted by molar-refractivity contribution is 0.102. The second-order valence-corrected chi connectivity index (χ2v) is 4.95. The van der Waals surface area contributed by atoms with E-state index in [1.54, 1.807) is 25.2 Å². The van der Waals surface area contributed by atoms with Crippen molar-refractivity contribution >= 4 is 34.3 Å². The Morgan fingerprint density at radius 2 is 1.95 bits per heavy atom. The van der Waals surface area contributed by atoms with Crippen LogP contribution in [0.3, 0.4) is 0 Å². The highest BCUT2D eigenvalue weighted by Gasteiger charge is 2.15. The summed E-state index contributed by atoms with van der Waals surface area (Å²) in [5.41, 5.74) is 1.82. The first kappa shape index (κ1) is 13.5. The van der Waals surface area contributed by atoms with Crippen LogP contribution >= 0.6 is 11.6 Å². The van der Waals surface area contributed by atoms with Crippen LogP contribution in [0.2, 0.25) is 5.02 Å². The van der Waals surface area contributed by atoms with Gasteiger partial charge in [-0.3, -0.25) is 9.36 Å². The van der Waals surface area contributed by atoms with Crippen LogP contribution in [0.15, 0.2) is 51.7 Å². The summed E-state index contributed by atoms with van der Waals surface area (Å²) < 4.78 is 6.35. The first-order valence-corrected chi connectivity index (χ1v) is 6.59. The highest BCUT2D eigenvalue weighted by Crippen LogP contribution is 2.24. The minimum Gasteiger partial charge on any atom is -0.408 e. The Hall–Kier alpha value is -2.53. The second kappa shape index (κ2) is 5.10. The number of aromatic nitrogens is 1. The maximum absolute atomic E-state index is 12.3. The number of nitrogens with zero attached hydrogens (tertiary/aromatic N) is 1. The maximum Gasteiger partial charge on any atom is 0.419 e. The minimum absolute atomic E-state index is 0.227. The number of anilines is 1. The molecule has 3 aromatic rings. The molecule has 0 aliphatic heterocycles. The molecule has 1 heterocycles. The van der Waals surface area contributed by atoms with Gasteiger partial charge in [0, 0.05) is 18.8 Å². The van der Waals surface area contributed by atoms with Crippen molar-refractivity contribution in [3.63, 3.8) is 0 Å². The SMILES string of the molecule is Cn1c(=O)oc2cc(Cl)c(C(=O)Nc3ccccc3)cc21. The molecule has 0 saturated heterocycles. The summed E-state index contributed by atoms with van der Waals surface area (Å²) in [5.74, 6) is -0.844. The third-order valence-electron chi connectivity index (χ3n) is 3.16. The number of carbonyl (C=O) groups excluding carboxylic acids is 1. The zero-order valence-corrected chi connectivity index (χ0v) is 11.8. The number of fused-ring (bicyclic) bond motifs is 1. The van der Waals surface area contributed by atoms with Crippen LogP contribution in [0, 0.1) is 0 Å². The van der Waals surface area contributed by atoms with Gasteiger partial charge in [0.25, 0.3) is 5.91 Å². The molecule has 1 N–H and O–H groups in total. The average Bonchev–Trinajstić information content (AvgIpc) is 2.73. The van der Waals surface area contributed by atoms with E-state index in [0.717, 1.165) is 0 Å². The molecule has 0 atom stereocenters. The van der Waals surface area contributed by atoms with E-state index in [-0.39, 0.29) is 16.5 Å². The number of para-hydroxylation sites is 1. The minimum atomic E-state index is -0.498. The number of rotatable bonds is 2. The van der Waals surface area contributed by atoms with E-state index >= 15 is 0 Å². The van der Waals surface area contributed by atoms with Crippen LogP contribution in [0.5, 0.6) is 0 Å². The lowest BCUT2D eigenvalue weighted by Crippen LogP contribution is -2.13. The van der Waals surface area contributed by atoms with E-state index in [0.29, 0.717) is 16.8 Å². The zero-order chi connectivity index (χ0) is 15.0. The number of hydrogen-bond donors (Lipinski definition) is 1. The molecule has 106 valence electrons. The number of oxazole rings is 1. The van der Waals surface area contributed by atoms with Gasteiger partial charge in [-0.1, -0.05) is 29.8 Å². The molecule has 0 bridgehead atoms. The number of benzene rings is 2. The molecule has 1 amide bonds. The smallest absolute Gasteiger partial charge is 0.408 e. The van der Waals surface area contributed by atoms with Gasteiger partial charge in [0.15, 0.2) is 5.58 Å². The fourth-order valence-corrected chi connectivity index (χ4v) is 2.28. The van der Waals surface area contributed by atoms with E-state index in [4.69, 9.17) is 16.0 Å². The van der Waals surface area contributed by atoms with Crippen LogP contribution in [0.1, 0.15) is 10.4 Å². The predicted octanol–water partition coefficient (Wildman–Crippen LogP) is 3.04. The number of carbonyl (C=O) groups is 1. The molecule has 0 saturated carbocycles. The van der Waals surface area contributed by atoms with Crippen molar-refractivity contribution in [2.75, 3.05) is 5.32 Å². The van der Waals surface area contributed by atoms with E-state index in [9.17, 15) is 9.59 Å². The van der Waals surface area contributed by atoms with Crippen molar-refractivity contribution in [2.24, 2.45) is 7.05 Å². The van der Waals surface area contributed by atoms with Gasteiger partial charge in [0.05, 0.1) is 16.1 Å². The van der Waals surface area contributed by atoms with Crippen molar-refractivity contribution in [1.82, 2.24) is 4.57 Å². The summed E-state index contributed by atoms with van der Waals surface area (Å²) in [7, 11) is 1.57. The molecule has 0 aliphatic rings. The average molecular weight is 303 g/mol. The number of hydrogen-bond acceptors (Lipinski definition) is 3. The molecule has 0 radical (unpaired) electrons. The quantitative estimate of drug-likeness (QED) is 0.791. The Labute approximate surface area is 124 Å². The third kappa shape index (κ3) is 2.43. The highest BCUT2D eigenvalue weighted by atomic mass is 35.5. The van der Waals surface area contributed by atoms with Crippen molar-refractivity contribution < 1.29 is 9.21 Å². The van der Waals surface area contributed by atoms with Gasteiger partial charge in [-0.05, 0) is 18.2 Å². The molecule has 6 heteroatoms. The molecular formula is C15H11ClN2O3.